The van der Waals surface area contributed by atoms with Crippen LogP contribution in [0.3, 0.4) is 0 Å². The summed E-state index contributed by atoms with van der Waals surface area (Å²) < 4.78 is 41.9. The van der Waals surface area contributed by atoms with Crippen molar-refractivity contribution in [3.63, 3.8) is 0 Å². The molecule has 2 N–H and O–H groups in total. The Hall–Kier alpha value is -1.72. The summed E-state index contributed by atoms with van der Waals surface area (Å²) in [5.74, 6) is -0.779. The lowest BCUT2D eigenvalue weighted by Crippen LogP contribution is -2.30. The number of nitrogens with two attached hydrogens (primary N) is 1. The number of carbonyl (C=O) groups is 1. The van der Waals surface area contributed by atoms with Crippen LogP contribution in [0.4, 0.5) is 13.2 Å². The molecule has 1 unspecified atom stereocenters. The van der Waals surface area contributed by atoms with E-state index in [0.717, 1.165) is 12.1 Å². The van der Waals surface area contributed by atoms with Crippen LogP contribution in [0.5, 0.6) is 5.75 Å². The second-order valence-electron chi connectivity index (χ2n) is 3.19. The number of rotatable bonds is 3. The van der Waals surface area contributed by atoms with Crippen LogP contribution in [0.15, 0.2) is 24.3 Å². The Bertz CT molecular complexity index is 390. The first-order valence-electron chi connectivity index (χ1n) is 4.44. The van der Waals surface area contributed by atoms with Crippen LogP contribution in [-0.4, -0.2) is 12.0 Å². The summed E-state index contributed by atoms with van der Waals surface area (Å²) in [6.45, 7) is 1.36. The number of hydrogen-bond donors (Lipinski definition) is 1. The van der Waals surface area contributed by atoms with Crippen molar-refractivity contribution >= 4 is 5.91 Å². The minimum absolute atomic E-state index is 0.0406. The van der Waals surface area contributed by atoms with E-state index in [1.165, 1.54) is 19.1 Å². The van der Waals surface area contributed by atoms with Gasteiger partial charge in [-0.2, -0.15) is 13.2 Å². The van der Waals surface area contributed by atoms with Gasteiger partial charge in [-0.05, 0) is 25.1 Å². The van der Waals surface area contributed by atoms with Crippen molar-refractivity contribution in [2.24, 2.45) is 5.73 Å². The molecule has 0 aromatic heterocycles. The highest BCUT2D eigenvalue weighted by molar-refractivity contribution is 5.78. The molecule has 0 aliphatic carbocycles. The summed E-state index contributed by atoms with van der Waals surface area (Å²) >= 11 is 0. The van der Waals surface area contributed by atoms with E-state index >= 15 is 0 Å². The average molecular weight is 233 g/mol. The Morgan fingerprint density at radius 3 is 2.56 bits per heavy atom. The van der Waals surface area contributed by atoms with Gasteiger partial charge in [0.15, 0.2) is 6.10 Å². The van der Waals surface area contributed by atoms with Gasteiger partial charge < -0.3 is 10.5 Å². The zero-order valence-electron chi connectivity index (χ0n) is 8.41. The van der Waals surface area contributed by atoms with Crippen LogP contribution in [0.1, 0.15) is 12.5 Å². The smallest absolute Gasteiger partial charge is 0.416 e. The monoisotopic (exact) mass is 233 g/mol. The second-order valence-corrected chi connectivity index (χ2v) is 3.19. The van der Waals surface area contributed by atoms with Gasteiger partial charge in [0, 0.05) is 0 Å². The predicted molar refractivity (Wildman–Crippen MR) is 50.7 cm³/mol. The Morgan fingerprint density at radius 2 is 2.06 bits per heavy atom. The van der Waals surface area contributed by atoms with Gasteiger partial charge in [-0.15, -0.1) is 0 Å². The third kappa shape index (κ3) is 3.15. The number of hydrogen-bond acceptors (Lipinski definition) is 2. The van der Waals surface area contributed by atoms with Gasteiger partial charge in [-0.3, -0.25) is 4.79 Å². The molecule has 16 heavy (non-hydrogen) atoms. The molecule has 0 fully saturated rings. The van der Waals surface area contributed by atoms with E-state index in [1.807, 2.05) is 0 Å². The SMILES string of the molecule is CC(Oc1cccc(C(F)(F)F)c1)C(N)=O. The summed E-state index contributed by atoms with van der Waals surface area (Å²) in [4.78, 5) is 10.7. The third-order valence-corrected chi connectivity index (χ3v) is 1.87. The third-order valence-electron chi connectivity index (χ3n) is 1.87. The van der Waals surface area contributed by atoms with Crippen molar-refractivity contribution in [3.05, 3.63) is 29.8 Å². The van der Waals surface area contributed by atoms with E-state index in [0.29, 0.717) is 0 Å². The summed E-state index contributed by atoms with van der Waals surface area (Å²) in [5, 5.41) is 0. The van der Waals surface area contributed by atoms with Gasteiger partial charge in [0.2, 0.25) is 0 Å². The first kappa shape index (κ1) is 12.4. The highest BCUT2D eigenvalue weighted by atomic mass is 19.4. The van der Waals surface area contributed by atoms with E-state index in [-0.39, 0.29) is 5.75 Å². The van der Waals surface area contributed by atoms with Crippen molar-refractivity contribution < 1.29 is 22.7 Å². The lowest BCUT2D eigenvalue weighted by atomic mass is 10.2. The van der Waals surface area contributed by atoms with Crippen LogP contribution in [0, 0.1) is 0 Å². The van der Waals surface area contributed by atoms with E-state index < -0.39 is 23.8 Å². The molecular weight excluding hydrogens is 223 g/mol. The van der Waals surface area contributed by atoms with E-state index in [2.05, 4.69) is 0 Å². The zero-order chi connectivity index (χ0) is 12.3. The van der Waals surface area contributed by atoms with Crippen LogP contribution in [-0.2, 0) is 11.0 Å². The number of primary amides is 1. The molecule has 0 saturated carbocycles. The normalized spacial score (nSPS) is 13.2. The zero-order valence-corrected chi connectivity index (χ0v) is 8.41. The van der Waals surface area contributed by atoms with Gasteiger partial charge in [0.25, 0.3) is 5.91 Å². The van der Waals surface area contributed by atoms with Gasteiger partial charge in [0.05, 0.1) is 5.56 Å². The highest BCUT2D eigenvalue weighted by Crippen LogP contribution is 2.31. The fourth-order valence-electron chi connectivity index (χ4n) is 1.01. The van der Waals surface area contributed by atoms with Crippen LogP contribution in [0.2, 0.25) is 0 Å². The average Bonchev–Trinajstić information content (AvgIpc) is 2.16. The van der Waals surface area contributed by atoms with E-state index in [9.17, 15) is 18.0 Å². The molecule has 0 saturated heterocycles. The molecule has 0 spiro atoms. The van der Waals surface area contributed by atoms with E-state index in [1.54, 1.807) is 0 Å². The topological polar surface area (TPSA) is 52.3 Å². The maximum Gasteiger partial charge on any atom is 0.416 e. The molecule has 88 valence electrons. The summed E-state index contributed by atoms with van der Waals surface area (Å²) in [6, 6.07) is 4.27. The largest absolute Gasteiger partial charge is 0.481 e. The summed E-state index contributed by atoms with van der Waals surface area (Å²) in [6.07, 6.45) is -5.40. The summed E-state index contributed by atoms with van der Waals surface area (Å²) in [7, 11) is 0. The van der Waals surface area contributed by atoms with Crippen molar-refractivity contribution in [1.82, 2.24) is 0 Å². The molecule has 0 aliphatic rings. The Balaban J connectivity index is 2.87. The molecule has 1 aromatic carbocycles. The van der Waals surface area contributed by atoms with Crippen LogP contribution < -0.4 is 10.5 Å². The molecule has 0 aliphatic heterocycles. The molecular formula is C10H10F3NO2. The van der Waals surface area contributed by atoms with Gasteiger partial charge >= 0.3 is 6.18 Å². The van der Waals surface area contributed by atoms with Crippen molar-refractivity contribution in [2.45, 2.75) is 19.2 Å². The molecule has 0 heterocycles. The second kappa shape index (κ2) is 4.42. The Labute approximate surface area is 90.0 Å². The molecule has 1 rings (SSSR count). The first-order valence-corrected chi connectivity index (χ1v) is 4.44. The molecule has 0 bridgehead atoms. The molecule has 6 heteroatoms. The van der Waals surface area contributed by atoms with Gasteiger partial charge in [-0.1, -0.05) is 6.07 Å². The molecule has 1 aromatic rings. The molecule has 1 atom stereocenters. The number of carbonyl (C=O) groups excluding carboxylic acids is 1. The minimum atomic E-state index is -4.44. The Morgan fingerprint density at radius 1 is 1.44 bits per heavy atom. The quantitative estimate of drug-likeness (QED) is 0.867. The number of amides is 1. The standard InChI is InChI=1S/C10H10F3NO2/c1-6(9(14)15)16-8-4-2-3-7(5-8)10(11,12)13/h2-6H,1H3,(H2,14,15). The van der Waals surface area contributed by atoms with Crippen molar-refractivity contribution in [3.8, 4) is 5.75 Å². The van der Waals surface area contributed by atoms with Crippen molar-refractivity contribution in [1.29, 1.82) is 0 Å². The van der Waals surface area contributed by atoms with Crippen LogP contribution in [0.25, 0.3) is 0 Å². The summed E-state index contributed by atoms with van der Waals surface area (Å²) in [5.41, 5.74) is 4.09. The molecule has 3 nitrogen and oxygen atoms in total. The highest BCUT2D eigenvalue weighted by Gasteiger charge is 2.30. The number of benzene rings is 1. The number of halogens is 3. The minimum Gasteiger partial charge on any atom is -0.481 e. The van der Waals surface area contributed by atoms with E-state index in [4.69, 9.17) is 10.5 Å². The van der Waals surface area contributed by atoms with Gasteiger partial charge in [-0.25, -0.2) is 0 Å². The maximum atomic E-state index is 12.3. The van der Waals surface area contributed by atoms with Crippen molar-refractivity contribution in [2.75, 3.05) is 0 Å². The van der Waals surface area contributed by atoms with Gasteiger partial charge in [0.1, 0.15) is 5.75 Å². The van der Waals surface area contributed by atoms with Crippen LogP contribution >= 0.6 is 0 Å². The number of alkyl halides is 3. The predicted octanol–water partition coefficient (Wildman–Crippen LogP) is 1.96. The Kier molecular flexibility index (Phi) is 3.41. The lowest BCUT2D eigenvalue weighted by Gasteiger charge is -2.13. The fraction of sp³-hybridized carbons (Fsp3) is 0.300. The molecule has 1 amide bonds. The fourth-order valence-corrected chi connectivity index (χ4v) is 1.01. The number of ether oxygens (including phenoxy) is 1. The molecule has 0 radical (unpaired) electrons. The first-order chi connectivity index (χ1) is 7.30. The maximum absolute atomic E-state index is 12.3. The lowest BCUT2D eigenvalue weighted by molar-refractivity contribution is -0.137.